The van der Waals surface area contributed by atoms with Gasteiger partial charge in [-0.2, -0.15) is 0 Å². The maximum Gasteiger partial charge on any atom is 0.255 e. The van der Waals surface area contributed by atoms with Crippen LogP contribution in [0.15, 0.2) is 48.5 Å². The lowest BCUT2D eigenvalue weighted by atomic mass is 10.0. The number of carbonyl (C=O) groups is 2. The van der Waals surface area contributed by atoms with E-state index in [4.69, 9.17) is 11.6 Å². The fraction of sp³-hybridized carbons (Fsp3) is 0.600. The summed E-state index contributed by atoms with van der Waals surface area (Å²) >= 11 is 5.99. The molecule has 4 nitrogen and oxygen atoms in total. The van der Waals surface area contributed by atoms with Gasteiger partial charge in [0.05, 0.1) is 0 Å². The number of hydrogen-bond donors (Lipinski definition) is 2. The van der Waals surface area contributed by atoms with E-state index < -0.39 is 0 Å². The van der Waals surface area contributed by atoms with Crippen molar-refractivity contribution in [2.75, 3.05) is 10.6 Å². The van der Waals surface area contributed by atoms with Crippen LogP contribution in [0.25, 0.3) is 0 Å². The number of nitrogens with one attached hydrogen (secondary N) is 2. The second kappa shape index (κ2) is 22.4. The van der Waals surface area contributed by atoms with Crippen molar-refractivity contribution < 1.29 is 9.59 Å². The lowest BCUT2D eigenvalue weighted by molar-refractivity contribution is -0.116. The molecule has 2 amide bonds. The molecule has 0 aliphatic rings. The first kappa shape index (κ1) is 33.9. The molecule has 2 rings (SSSR count). The number of benzene rings is 2. The fourth-order valence-electron chi connectivity index (χ4n) is 5.10. The van der Waals surface area contributed by atoms with Gasteiger partial charge in [-0.25, -0.2) is 0 Å². The molecule has 5 heteroatoms. The Morgan fingerprint density at radius 2 is 1.02 bits per heavy atom. The lowest BCUT2D eigenvalue weighted by Gasteiger charge is -2.09. The summed E-state index contributed by atoms with van der Waals surface area (Å²) in [5.74, 6) is -0.239. The molecule has 2 aromatic rings. The Hall–Kier alpha value is -2.33. The molecule has 0 aliphatic carbocycles. The van der Waals surface area contributed by atoms with E-state index >= 15 is 0 Å². The minimum Gasteiger partial charge on any atom is -0.326 e. The van der Waals surface area contributed by atoms with Crippen LogP contribution in [0.5, 0.6) is 0 Å². The summed E-state index contributed by atoms with van der Waals surface area (Å²) in [4.78, 5) is 24.9. The summed E-state index contributed by atoms with van der Waals surface area (Å²) in [6.45, 7) is 2.28. The number of anilines is 2. The molecular weight excluding hydrogens is 516 g/mol. The predicted octanol–water partition coefficient (Wildman–Crippen LogP) is 11.4. The largest absolute Gasteiger partial charge is 0.326 e. The topological polar surface area (TPSA) is 58.2 Å². The van der Waals surface area contributed by atoms with Gasteiger partial charge in [0.15, 0.2) is 0 Å². The molecule has 0 aliphatic heterocycles. The summed E-state index contributed by atoms with van der Waals surface area (Å²) in [5, 5.41) is 6.33. The maximum atomic E-state index is 12.6. The van der Waals surface area contributed by atoms with Gasteiger partial charge in [0, 0.05) is 28.4 Å². The van der Waals surface area contributed by atoms with Gasteiger partial charge in [0.25, 0.3) is 5.91 Å². The molecule has 0 spiro atoms. The van der Waals surface area contributed by atoms with E-state index in [9.17, 15) is 9.59 Å². The van der Waals surface area contributed by atoms with Gasteiger partial charge in [-0.1, -0.05) is 146 Å². The summed E-state index contributed by atoms with van der Waals surface area (Å²) in [6, 6.07) is 14.1. The van der Waals surface area contributed by atoms with Crippen LogP contribution in [-0.2, 0) is 4.79 Å². The van der Waals surface area contributed by atoms with Gasteiger partial charge in [-0.05, 0) is 42.8 Å². The van der Waals surface area contributed by atoms with Crippen molar-refractivity contribution in [2.24, 2.45) is 0 Å². The first-order chi connectivity index (χ1) is 19.6. The normalized spacial score (nSPS) is 10.9. The fourth-order valence-corrected chi connectivity index (χ4v) is 5.29. The highest BCUT2D eigenvalue weighted by atomic mass is 35.5. The van der Waals surface area contributed by atoms with Crippen molar-refractivity contribution in [3.05, 3.63) is 59.1 Å². The quantitative estimate of drug-likeness (QED) is 0.131. The highest BCUT2D eigenvalue weighted by molar-refractivity contribution is 6.31. The van der Waals surface area contributed by atoms with Crippen molar-refractivity contribution in [1.82, 2.24) is 0 Å². The number of rotatable bonds is 23. The van der Waals surface area contributed by atoms with E-state index in [0.717, 1.165) is 12.8 Å². The van der Waals surface area contributed by atoms with E-state index in [2.05, 4.69) is 17.6 Å². The minimum absolute atomic E-state index is 0.000580. The van der Waals surface area contributed by atoms with Crippen molar-refractivity contribution in [2.45, 2.75) is 135 Å². The molecule has 2 N–H and O–H groups in total. The molecule has 0 bridgehead atoms. The van der Waals surface area contributed by atoms with E-state index in [-0.39, 0.29) is 11.8 Å². The monoisotopic (exact) mass is 568 g/mol. The molecule has 0 unspecified atom stereocenters. The first-order valence-electron chi connectivity index (χ1n) is 16.1. The van der Waals surface area contributed by atoms with Crippen molar-refractivity contribution in [3.63, 3.8) is 0 Å². The molecule has 0 heterocycles. The van der Waals surface area contributed by atoms with Crippen molar-refractivity contribution in [1.29, 1.82) is 0 Å². The zero-order valence-electron chi connectivity index (χ0n) is 25.0. The van der Waals surface area contributed by atoms with E-state index in [1.807, 2.05) is 6.07 Å². The number of halogens is 1. The number of hydrogen-bond acceptors (Lipinski definition) is 2. The van der Waals surface area contributed by atoms with E-state index in [1.54, 1.807) is 42.5 Å². The molecule has 0 saturated carbocycles. The van der Waals surface area contributed by atoms with Gasteiger partial charge < -0.3 is 10.6 Å². The van der Waals surface area contributed by atoms with Crippen molar-refractivity contribution in [3.8, 4) is 0 Å². The highest BCUT2D eigenvalue weighted by Crippen LogP contribution is 2.18. The smallest absolute Gasteiger partial charge is 0.255 e. The molecule has 0 radical (unpaired) electrons. The third-order valence-corrected chi connectivity index (χ3v) is 7.73. The number of carbonyl (C=O) groups excluding carboxylic acids is 2. The third-order valence-electron chi connectivity index (χ3n) is 7.50. The van der Waals surface area contributed by atoms with Crippen LogP contribution in [0.3, 0.4) is 0 Å². The Kier molecular flexibility index (Phi) is 18.9. The minimum atomic E-state index is -0.239. The average molecular weight is 569 g/mol. The van der Waals surface area contributed by atoms with Gasteiger partial charge in [-0.3, -0.25) is 9.59 Å². The number of amides is 2. The Morgan fingerprint density at radius 1 is 0.575 bits per heavy atom. The van der Waals surface area contributed by atoms with Gasteiger partial charge in [0.2, 0.25) is 5.91 Å². The van der Waals surface area contributed by atoms with Gasteiger partial charge in [-0.15, -0.1) is 0 Å². The first-order valence-corrected chi connectivity index (χ1v) is 16.4. The SMILES string of the molecule is CCCCCCCCCCCCCCCCCCCCCC(=O)Nc1cccc(C(=O)Nc2cccc(Cl)c2)c1. The highest BCUT2D eigenvalue weighted by Gasteiger charge is 2.09. The van der Waals surface area contributed by atoms with Crippen LogP contribution in [0, 0.1) is 0 Å². The molecular formula is C35H53ClN2O2. The van der Waals surface area contributed by atoms with Crippen LogP contribution >= 0.6 is 11.6 Å². The standard InChI is InChI=1S/C35H53ClN2O2/c1-2-3-4-5-6-7-8-9-10-11-12-13-14-15-16-17-18-19-20-27-34(39)37-32-25-21-23-30(28-32)35(40)38-33-26-22-24-31(36)29-33/h21-26,28-29H,2-20,27H2,1H3,(H,37,39)(H,38,40). The Labute approximate surface area is 249 Å². The summed E-state index contributed by atoms with van der Waals surface area (Å²) in [6.07, 6.45) is 26.0. The second-order valence-corrected chi connectivity index (χ2v) is 11.6. The molecule has 0 aromatic heterocycles. The Balaban J connectivity index is 1.42. The Morgan fingerprint density at radius 3 is 1.52 bits per heavy atom. The zero-order valence-corrected chi connectivity index (χ0v) is 25.7. The predicted molar refractivity (Wildman–Crippen MR) is 172 cm³/mol. The van der Waals surface area contributed by atoms with E-state index in [1.165, 1.54) is 109 Å². The molecule has 40 heavy (non-hydrogen) atoms. The third kappa shape index (κ3) is 16.7. The molecule has 0 saturated heterocycles. The van der Waals surface area contributed by atoms with Crippen LogP contribution in [0.1, 0.15) is 146 Å². The summed E-state index contributed by atoms with van der Waals surface area (Å²) < 4.78 is 0. The molecule has 2 aromatic carbocycles. The molecule has 222 valence electrons. The maximum absolute atomic E-state index is 12.6. The van der Waals surface area contributed by atoms with Crippen LogP contribution in [-0.4, -0.2) is 11.8 Å². The summed E-state index contributed by atoms with van der Waals surface area (Å²) in [5.41, 5.74) is 1.76. The Bertz CT molecular complexity index is 962. The van der Waals surface area contributed by atoms with Crippen LogP contribution in [0.2, 0.25) is 5.02 Å². The average Bonchev–Trinajstić information content (AvgIpc) is 2.94. The second-order valence-electron chi connectivity index (χ2n) is 11.2. The summed E-state index contributed by atoms with van der Waals surface area (Å²) in [7, 11) is 0. The van der Waals surface area contributed by atoms with Crippen molar-refractivity contribution >= 4 is 34.8 Å². The number of unbranched alkanes of at least 4 members (excludes halogenated alkanes) is 18. The van der Waals surface area contributed by atoms with Crippen LogP contribution < -0.4 is 10.6 Å². The van der Waals surface area contributed by atoms with E-state index in [0.29, 0.717) is 28.4 Å². The van der Waals surface area contributed by atoms with Crippen LogP contribution in [0.4, 0.5) is 11.4 Å². The van der Waals surface area contributed by atoms with Gasteiger partial charge in [0.1, 0.15) is 0 Å². The lowest BCUT2D eigenvalue weighted by Crippen LogP contribution is -2.14. The molecule has 0 atom stereocenters. The molecule has 0 fully saturated rings. The zero-order chi connectivity index (χ0) is 28.7. The van der Waals surface area contributed by atoms with Gasteiger partial charge >= 0.3 is 0 Å².